The lowest BCUT2D eigenvalue weighted by Crippen LogP contribution is -2.45. The molecular weight excluding hydrogens is 260 g/mol. The van der Waals surface area contributed by atoms with Gasteiger partial charge in [-0.25, -0.2) is 0 Å². The van der Waals surface area contributed by atoms with Crippen molar-refractivity contribution in [1.82, 2.24) is 10.6 Å². The number of nitrogens with one attached hydrogen (secondary N) is 2. The first-order valence-electron chi connectivity index (χ1n) is 8.23. The van der Waals surface area contributed by atoms with Crippen LogP contribution >= 0.6 is 0 Å². The average Bonchev–Trinajstić information content (AvgIpc) is 2.48. The number of morpholine rings is 1. The van der Waals surface area contributed by atoms with E-state index in [4.69, 9.17) is 4.74 Å². The molecule has 1 aromatic rings. The minimum Gasteiger partial charge on any atom is -0.379 e. The topological polar surface area (TPSA) is 33.3 Å². The molecule has 0 aliphatic carbocycles. The molecule has 1 aromatic carbocycles. The first-order valence-corrected chi connectivity index (χ1v) is 8.23. The molecule has 0 aromatic heterocycles. The summed E-state index contributed by atoms with van der Waals surface area (Å²) in [5.41, 5.74) is 2.77. The summed E-state index contributed by atoms with van der Waals surface area (Å²) in [4.78, 5) is 0. The van der Waals surface area contributed by atoms with E-state index < -0.39 is 0 Å². The Morgan fingerprint density at radius 3 is 2.38 bits per heavy atom. The Bertz CT molecular complexity index is 410. The Labute approximate surface area is 129 Å². The zero-order valence-corrected chi connectivity index (χ0v) is 13.9. The number of hydrogen-bond donors (Lipinski definition) is 2. The molecule has 0 radical (unpaired) electrons. The highest BCUT2D eigenvalue weighted by molar-refractivity contribution is 5.26. The van der Waals surface area contributed by atoms with Gasteiger partial charge in [-0.2, -0.15) is 0 Å². The molecule has 0 bridgehead atoms. The van der Waals surface area contributed by atoms with E-state index in [0.717, 1.165) is 26.2 Å². The highest BCUT2D eigenvalue weighted by Crippen LogP contribution is 2.19. The van der Waals surface area contributed by atoms with Crippen molar-refractivity contribution in [1.29, 1.82) is 0 Å². The molecule has 0 amide bonds. The fourth-order valence-electron chi connectivity index (χ4n) is 2.96. The molecule has 1 aliphatic rings. The average molecular weight is 290 g/mol. The zero-order valence-electron chi connectivity index (χ0n) is 13.9. The van der Waals surface area contributed by atoms with Crippen molar-refractivity contribution >= 4 is 0 Å². The van der Waals surface area contributed by atoms with Crippen LogP contribution in [0.2, 0.25) is 0 Å². The molecule has 0 spiro atoms. The fraction of sp³-hybridized carbons (Fsp3) is 0.667. The third-order valence-electron chi connectivity index (χ3n) is 4.27. The summed E-state index contributed by atoms with van der Waals surface area (Å²) in [6.45, 7) is 11.6. The van der Waals surface area contributed by atoms with Gasteiger partial charge in [0.05, 0.1) is 13.2 Å². The van der Waals surface area contributed by atoms with Gasteiger partial charge in [0.1, 0.15) is 0 Å². The number of benzene rings is 1. The molecule has 21 heavy (non-hydrogen) atoms. The highest BCUT2D eigenvalue weighted by Gasteiger charge is 2.17. The maximum atomic E-state index is 5.52. The van der Waals surface area contributed by atoms with Gasteiger partial charge < -0.3 is 15.4 Å². The molecule has 2 rings (SSSR count). The second-order valence-electron chi connectivity index (χ2n) is 6.57. The first kappa shape index (κ1) is 16.5. The minimum atomic E-state index is 0.380. The lowest BCUT2D eigenvalue weighted by molar-refractivity contribution is 0.0708. The Morgan fingerprint density at radius 1 is 1.14 bits per heavy atom. The number of hydrogen-bond acceptors (Lipinski definition) is 3. The van der Waals surface area contributed by atoms with Crippen LogP contribution in [0, 0.1) is 0 Å². The molecule has 0 saturated carbocycles. The van der Waals surface area contributed by atoms with Crippen LogP contribution in [0.1, 0.15) is 57.2 Å². The van der Waals surface area contributed by atoms with Gasteiger partial charge >= 0.3 is 0 Å². The summed E-state index contributed by atoms with van der Waals surface area (Å²) >= 11 is 0. The van der Waals surface area contributed by atoms with Crippen LogP contribution in [-0.4, -0.2) is 31.8 Å². The molecule has 1 heterocycles. The lowest BCUT2D eigenvalue weighted by Gasteiger charge is -2.28. The van der Waals surface area contributed by atoms with E-state index in [9.17, 15) is 0 Å². The quantitative estimate of drug-likeness (QED) is 0.844. The van der Waals surface area contributed by atoms with Crippen molar-refractivity contribution in [3.63, 3.8) is 0 Å². The van der Waals surface area contributed by atoms with Crippen LogP contribution in [0.3, 0.4) is 0 Å². The van der Waals surface area contributed by atoms with Crippen molar-refractivity contribution in [3.8, 4) is 0 Å². The number of rotatable bonds is 6. The van der Waals surface area contributed by atoms with Gasteiger partial charge in [-0.3, -0.25) is 0 Å². The van der Waals surface area contributed by atoms with Crippen molar-refractivity contribution in [2.24, 2.45) is 0 Å². The van der Waals surface area contributed by atoms with E-state index in [1.54, 1.807) is 0 Å². The monoisotopic (exact) mass is 290 g/mol. The highest BCUT2D eigenvalue weighted by atomic mass is 16.5. The van der Waals surface area contributed by atoms with E-state index in [1.165, 1.54) is 11.1 Å². The predicted molar refractivity (Wildman–Crippen MR) is 88.8 cm³/mol. The first-order chi connectivity index (χ1) is 10.1. The third kappa shape index (κ3) is 5.10. The van der Waals surface area contributed by atoms with Crippen molar-refractivity contribution < 1.29 is 4.74 Å². The summed E-state index contributed by atoms with van der Waals surface area (Å²) in [5.74, 6) is 0.596. The van der Waals surface area contributed by atoms with Gasteiger partial charge in [0.25, 0.3) is 0 Å². The second kappa shape index (κ2) is 7.92. The van der Waals surface area contributed by atoms with Gasteiger partial charge in [0.15, 0.2) is 0 Å². The molecule has 1 fully saturated rings. The van der Waals surface area contributed by atoms with E-state index in [0.29, 0.717) is 24.0 Å². The summed E-state index contributed by atoms with van der Waals surface area (Å²) in [5, 5.41) is 7.21. The SMILES string of the molecule is CC(CC1COCCN1)NC(C)c1ccc(C(C)C)cc1. The maximum absolute atomic E-state index is 5.52. The Hall–Kier alpha value is -0.900. The van der Waals surface area contributed by atoms with Gasteiger partial charge in [0, 0.05) is 24.7 Å². The van der Waals surface area contributed by atoms with Crippen LogP contribution in [0.15, 0.2) is 24.3 Å². The Balaban J connectivity index is 1.83. The summed E-state index contributed by atoms with van der Waals surface area (Å²) in [6.07, 6.45) is 1.11. The maximum Gasteiger partial charge on any atom is 0.0620 e. The van der Waals surface area contributed by atoms with E-state index >= 15 is 0 Å². The van der Waals surface area contributed by atoms with Crippen LogP contribution in [-0.2, 0) is 4.74 Å². The van der Waals surface area contributed by atoms with Crippen LogP contribution < -0.4 is 10.6 Å². The van der Waals surface area contributed by atoms with Crippen LogP contribution in [0.25, 0.3) is 0 Å². The van der Waals surface area contributed by atoms with E-state index in [-0.39, 0.29) is 0 Å². The molecule has 2 N–H and O–H groups in total. The molecule has 118 valence electrons. The summed E-state index contributed by atoms with van der Waals surface area (Å²) in [6, 6.07) is 10.3. The molecule has 3 nitrogen and oxygen atoms in total. The summed E-state index contributed by atoms with van der Waals surface area (Å²) in [7, 11) is 0. The van der Waals surface area contributed by atoms with Gasteiger partial charge in [0.2, 0.25) is 0 Å². The molecule has 3 atom stereocenters. The minimum absolute atomic E-state index is 0.380. The van der Waals surface area contributed by atoms with E-state index in [2.05, 4.69) is 62.6 Å². The molecule has 3 unspecified atom stereocenters. The third-order valence-corrected chi connectivity index (χ3v) is 4.27. The fourth-order valence-corrected chi connectivity index (χ4v) is 2.96. The standard InChI is InChI=1S/C18H30N2O/c1-13(2)16-5-7-17(8-6-16)15(4)20-14(3)11-18-12-21-10-9-19-18/h5-8,13-15,18-20H,9-12H2,1-4H3. The van der Waals surface area contributed by atoms with E-state index in [1.807, 2.05) is 0 Å². The Kier molecular flexibility index (Phi) is 6.22. The molecule has 1 aliphatic heterocycles. The Morgan fingerprint density at radius 2 is 1.81 bits per heavy atom. The van der Waals surface area contributed by atoms with Crippen LogP contribution in [0.5, 0.6) is 0 Å². The molecular formula is C18H30N2O. The second-order valence-corrected chi connectivity index (χ2v) is 6.57. The summed E-state index contributed by atoms with van der Waals surface area (Å²) < 4.78 is 5.52. The normalized spacial score (nSPS) is 22.2. The number of ether oxygens (including phenoxy) is 1. The largest absolute Gasteiger partial charge is 0.379 e. The zero-order chi connectivity index (χ0) is 15.2. The van der Waals surface area contributed by atoms with Crippen molar-refractivity contribution in [2.45, 2.75) is 58.2 Å². The van der Waals surface area contributed by atoms with Crippen LogP contribution in [0.4, 0.5) is 0 Å². The smallest absolute Gasteiger partial charge is 0.0620 e. The lowest BCUT2D eigenvalue weighted by atomic mass is 9.99. The van der Waals surface area contributed by atoms with Crippen molar-refractivity contribution in [2.75, 3.05) is 19.8 Å². The molecule has 1 saturated heterocycles. The molecule has 3 heteroatoms. The van der Waals surface area contributed by atoms with Gasteiger partial charge in [-0.1, -0.05) is 38.1 Å². The predicted octanol–water partition coefficient (Wildman–Crippen LogP) is 3.23. The van der Waals surface area contributed by atoms with Crippen molar-refractivity contribution in [3.05, 3.63) is 35.4 Å². The van der Waals surface area contributed by atoms with Gasteiger partial charge in [-0.05, 0) is 37.3 Å². The van der Waals surface area contributed by atoms with Gasteiger partial charge in [-0.15, -0.1) is 0 Å².